The van der Waals surface area contributed by atoms with Crippen molar-refractivity contribution < 1.29 is 4.74 Å². The maximum atomic E-state index is 5.15. The fraction of sp³-hybridized carbons (Fsp3) is 0.500. The minimum Gasteiger partial charge on any atom is -0.357 e. The van der Waals surface area contributed by atoms with Crippen LogP contribution in [0.15, 0.2) is 16.8 Å². The number of ether oxygens (including phenoxy) is 1. The molecule has 1 unspecified atom stereocenters. The van der Waals surface area contributed by atoms with E-state index in [4.69, 9.17) is 4.74 Å². The molecule has 0 amide bonds. The average molecular weight is 169 g/mol. The third kappa shape index (κ3) is 1.80. The molecule has 1 fully saturated rings. The number of thiophene rings is 1. The van der Waals surface area contributed by atoms with Crippen LogP contribution in [0.3, 0.4) is 0 Å². The third-order valence-electron chi connectivity index (χ3n) is 1.82. The molecule has 2 nitrogen and oxygen atoms in total. The number of hydrogen-bond acceptors (Lipinski definition) is 3. The first-order chi connectivity index (χ1) is 5.36. The van der Waals surface area contributed by atoms with Gasteiger partial charge in [-0.1, -0.05) is 0 Å². The summed E-state index contributed by atoms with van der Waals surface area (Å²) >= 11 is 1.75. The monoisotopic (exact) mass is 169 g/mol. The summed E-state index contributed by atoms with van der Waals surface area (Å²) in [5, 5.41) is 4.29. The minimum atomic E-state index is 0.384. The van der Waals surface area contributed by atoms with Gasteiger partial charge in [-0.3, -0.25) is 4.90 Å². The molecular weight excluding hydrogens is 158 g/mol. The molecule has 0 N–H and O–H groups in total. The van der Waals surface area contributed by atoms with Gasteiger partial charge in [-0.15, -0.1) is 0 Å². The van der Waals surface area contributed by atoms with Crippen molar-refractivity contribution in [1.29, 1.82) is 0 Å². The molecule has 1 atom stereocenters. The van der Waals surface area contributed by atoms with E-state index in [-0.39, 0.29) is 0 Å². The Morgan fingerprint density at radius 2 is 2.64 bits per heavy atom. The Kier molecular flexibility index (Phi) is 1.94. The summed E-state index contributed by atoms with van der Waals surface area (Å²) in [6.07, 6.45) is 0.384. The van der Waals surface area contributed by atoms with Gasteiger partial charge in [-0.25, -0.2) is 0 Å². The standard InChI is InChI=1S/C8H11NOS/c1-9(8-5-10-8)4-7-2-3-11-6-7/h2-3,6,8H,4-5H2,1H3. The van der Waals surface area contributed by atoms with E-state index in [1.807, 2.05) is 0 Å². The molecule has 0 bridgehead atoms. The summed E-state index contributed by atoms with van der Waals surface area (Å²) in [6, 6.07) is 2.16. The topological polar surface area (TPSA) is 15.8 Å². The molecule has 0 spiro atoms. The molecule has 1 aromatic rings. The molecule has 1 saturated heterocycles. The molecule has 0 aromatic carbocycles. The number of hydrogen-bond donors (Lipinski definition) is 0. The summed E-state index contributed by atoms with van der Waals surface area (Å²) < 4.78 is 5.15. The molecule has 11 heavy (non-hydrogen) atoms. The normalized spacial score (nSPS) is 22.5. The van der Waals surface area contributed by atoms with Crippen LogP contribution in [0.2, 0.25) is 0 Å². The van der Waals surface area contributed by atoms with Crippen LogP contribution < -0.4 is 0 Å². The van der Waals surface area contributed by atoms with Gasteiger partial charge in [0.1, 0.15) is 6.23 Å². The van der Waals surface area contributed by atoms with Gasteiger partial charge >= 0.3 is 0 Å². The van der Waals surface area contributed by atoms with Crippen LogP contribution in [0.4, 0.5) is 0 Å². The third-order valence-corrected chi connectivity index (χ3v) is 2.55. The zero-order valence-electron chi connectivity index (χ0n) is 6.49. The Morgan fingerprint density at radius 3 is 3.18 bits per heavy atom. The second-order valence-electron chi connectivity index (χ2n) is 2.83. The van der Waals surface area contributed by atoms with Crippen molar-refractivity contribution in [1.82, 2.24) is 4.90 Å². The molecule has 0 aliphatic carbocycles. The van der Waals surface area contributed by atoms with Crippen molar-refractivity contribution in [2.75, 3.05) is 13.7 Å². The maximum absolute atomic E-state index is 5.15. The molecule has 1 aromatic heterocycles. The quantitative estimate of drug-likeness (QED) is 0.638. The molecule has 2 rings (SSSR count). The van der Waals surface area contributed by atoms with E-state index < -0.39 is 0 Å². The van der Waals surface area contributed by atoms with E-state index in [0.717, 1.165) is 13.2 Å². The van der Waals surface area contributed by atoms with Crippen molar-refractivity contribution in [2.45, 2.75) is 12.8 Å². The highest BCUT2D eigenvalue weighted by Gasteiger charge is 2.27. The Morgan fingerprint density at radius 1 is 1.82 bits per heavy atom. The van der Waals surface area contributed by atoms with Gasteiger partial charge in [0.15, 0.2) is 0 Å². The number of rotatable bonds is 3. The highest BCUT2D eigenvalue weighted by atomic mass is 32.1. The Labute approximate surface area is 70.4 Å². The summed E-state index contributed by atoms with van der Waals surface area (Å²) in [5.74, 6) is 0. The van der Waals surface area contributed by atoms with E-state index >= 15 is 0 Å². The van der Waals surface area contributed by atoms with Gasteiger partial charge in [0.2, 0.25) is 0 Å². The first-order valence-corrected chi connectivity index (χ1v) is 4.63. The lowest BCUT2D eigenvalue weighted by molar-refractivity contribution is 0.205. The highest BCUT2D eigenvalue weighted by molar-refractivity contribution is 7.07. The van der Waals surface area contributed by atoms with E-state index in [2.05, 4.69) is 28.8 Å². The zero-order valence-corrected chi connectivity index (χ0v) is 7.30. The summed E-state index contributed by atoms with van der Waals surface area (Å²) in [5.41, 5.74) is 1.38. The van der Waals surface area contributed by atoms with Gasteiger partial charge in [0.05, 0.1) is 6.61 Å². The lowest BCUT2D eigenvalue weighted by Gasteiger charge is -2.11. The zero-order chi connectivity index (χ0) is 7.68. The van der Waals surface area contributed by atoms with Crippen molar-refractivity contribution in [3.05, 3.63) is 22.4 Å². The molecule has 1 aliphatic heterocycles. The van der Waals surface area contributed by atoms with Crippen LogP contribution >= 0.6 is 11.3 Å². The Hall–Kier alpha value is -0.380. The SMILES string of the molecule is CN(Cc1ccsc1)C1CO1. The van der Waals surface area contributed by atoms with Gasteiger partial charge in [0, 0.05) is 6.54 Å². The highest BCUT2D eigenvalue weighted by Crippen LogP contribution is 2.17. The summed E-state index contributed by atoms with van der Waals surface area (Å²) in [4.78, 5) is 2.22. The number of nitrogens with zero attached hydrogens (tertiary/aromatic N) is 1. The predicted molar refractivity (Wildman–Crippen MR) is 45.5 cm³/mol. The summed E-state index contributed by atoms with van der Waals surface area (Å²) in [6.45, 7) is 1.91. The van der Waals surface area contributed by atoms with Gasteiger partial charge < -0.3 is 4.74 Å². The van der Waals surface area contributed by atoms with Crippen molar-refractivity contribution in [2.24, 2.45) is 0 Å². The first kappa shape index (κ1) is 7.28. The maximum Gasteiger partial charge on any atom is 0.134 e. The van der Waals surface area contributed by atoms with Gasteiger partial charge in [-0.2, -0.15) is 11.3 Å². The molecule has 1 aliphatic rings. The van der Waals surface area contributed by atoms with E-state index in [1.165, 1.54) is 5.56 Å². The fourth-order valence-corrected chi connectivity index (χ4v) is 1.73. The number of likely N-dealkylation sites (N-methyl/N-ethyl adjacent to an activating group) is 1. The molecule has 0 radical (unpaired) electrons. The van der Waals surface area contributed by atoms with Crippen LogP contribution in [0.5, 0.6) is 0 Å². The average Bonchev–Trinajstić information content (AvgIpc) is 2.73. The second kappa shape index (κ2) is 2.93. The van der Waals surface area contributed by atoms with E-state index in [9.17, 15) is 0 Å². The first-order valence-electron chi connectivity index (χ1n) is 3.69. The molecule has 3 heteroatoms. The molecular formula is C8H11NOS. The van der Waals surface area contributed by atoms with E-state index in [0.29, 0.717) is 6.23 Å². The molecule has 60 valence electrons. The van der Waals surface area contributed by atoms with Crippen molar-refractivity contribution in [3.63, 3.8) is 0 Å². The smallest absolute Gasteiger partial charge is 0.134 e. The lowest BCUT2D eigenvalue weighted by Crippen LogP contribution is -2.20. The Balaban J connectivity index is 1.89. The van der Waals surface area contributed by atoms with Crippen molar-refractivity contribution >= 4 is 11.3 Å². The Bertz CT molecular complexity index is 218. The van der Waals surface area contributed by atoms with Crippen LogP contribution in [-0.2, 0) is 11.3 Å². The molecule has 2 heterocycles. The van der Waals surface area contributed by atoms with Crippen LogP contribution in [0, 0.1) is 0 Å². The second-order valence-corrected chi connectivity index (χ2v) is 3.61. The fourth-order valence-electron chi connectivity index (χ4n) is 1.07. The lowest BCUT2D eigenvalue weighted by atomic mass is 10.3. The minimum absolute atomic E-state index is 0.384. The largest absolute Gasteiger partial charge is 0.357 e. The summed E-state index contributed by atoms with van der Waals surface area (Å²) in [7, 11) is 2.09. The van der Waals surface area contributed by atoms with Crippen molar-refractivity contribution in [3.8, 4) is 0 Å². The predicted octanol–water partition coefficient (Wildman–Crippen LogP) is 1.54. The van der Waals surface area contributed by atoms with E-state index in [1.54, 1.807) is 11.3 Å². The van der Waals surface area contributed by atoms with Crippen LogP contribution in [-0.4, -0.2) is 24.8 Å². The number of epoxide rings is 1. The van der Waals surface area contributed by atoms with Crippen LogP contribution in [0.25, 0.3) is 0 Å². The van der Waals surface area contributed by atoms with Gasteiger partial charge in [0.25, 0.3) is 0 Å². The molecule has 0 saturated carbocycles. The van der Waals surface area contributed by atoms with Crippen LogP contribution in [0.1, 0.15) is 5.56 Å². The van der Waals surface area contributed by atoms with Gasteiger partial charge in [-0.05, 0) is 29.4 Å².